The van der Waals surface area contributed by atoms with Crippen LogP contribution in [-0.2, 0) is 53.1 Å². The minimum atomic E-state index is -6.27. The predicted molar refractivity (Wildman–Crippen MR) is 231 cm³/mol. The number of carbonyl (C=O) groups is 2. The molecule has 2 aliphatic heterocycles. The third kappa shape index (κ3) is 14.0. The van der Waals surface area contributed by atoms with Gasteiger partial charge in [-0.2, -0.15) is 4.57 Å². The predicted octanol–water partition coefficient (Wildman–Crippen LogP) is 0.458. The van der Waals surface area contributed by atoms with Crippen LogP contribution in [0.15, 0.2) is 76.2 Å². The van der Waals surface area contributed by atoms with Gasteiger partial charge in [-0.1, -0.05) is 56.2 Å². The lowest BCUT2D eigenvalue weighted by molar-refractivity contribution is -0.695. The summed E-state index contributed by atoms with van der Waals surface area (Å²) in [6.45, 7) is 8.55. The van der Waals surface area contributed by atoms with Crippen molar-refractivity contribution in [2.75, 3.05) is 31.7 Å². The molecule has 23 nitrogen and oxygen atoms in total. The number of rotatable bonds is 21. The number of aromatic nitrogens is 3. The van der Waals surface area contributed by atoms with Crippen molar-refractivity contribution < 1.29 is 80.3 Å². The molecule has 4 heterocycles. The van der Waals surface area contributed by atoms with Crippen LogP contribution < -0.4 is 45.6 Å². The Labute approximate surface area is 384 Å². The van der Waals surface area contributed by atoms with Gasteiger partial charge in [0.15, 0.2) is 12.4 Å². The fraction of sp³-hybridized carbons (Fsp3) is 0.439. The Morgan fingerprint density at radius 2 is 1.73 bits per heavy atom. The quantitative estimate of drug-likeness (QED) is 0.0487. The molecule has 0 spiro atoms. The maximum absolute atomic E-state index is 12.7. The van der Waals surface area contributed by atoms with Crippen LogP contribution in [-0.4, -0.2) is 76.8 Å². The first-order valence-corrected chi connectivity index (χ1v) is 25.2. The SMILES string of the molecule is CC[n+]1cc(C(=O)OC)ccc1/C=C/C=C1/N(CCCCCC(=O)NC/C=C/c2cn(C3OC(COP(=O)([O-])OP(=O)([O-])OP(=O)([O-])[O-])C(O)C3O)c(=O)[nH]c2=O)c2ccc(C)cc2C1(C)C. The number of H-pyrrole nitrogens is 1. The zero-order valence-electron chi connectivity index (χ0n) is 37.0. The summed E-state index contributed by atoms with van der Waals surface area (Å²) < 4.78 is 57.6. The fourth-order valence-corrected chi connectivity index (χ4v) is 10.4. The third-order valence-electron chi connectivity index (χ3n) is 10.8. The van der Waals surface area contributed by atoms with E-state index in [4.69, 9.17) is 9.47 Å². The number of anilines is 1. The number of phosphoric ester groups is 1. The molecular weight excluding hydrogens is 943 g/mol. The molecule has 6 unspecified atom stereocenters. The first-order chi connectivity index (χ1) is 31.4. The molecule has 2 aromatic heterocycles. The molecule has 1 aromatic carbocycles. The van der Waals surface area contributed by atoms with E-state index in [1.165, 1.54) is 24.8 Å². The highest BCUT2D eigenvalue weighted by atomic mass is 31.3. The summed E-state index contributed by atoms with van der Waals surface area (Å²) in [5.74, 6) is -0.656. The highest BCUT2D eigenvalue weighted by Gasteiger charge is 2.45. The molecule has 0 aliphatic carbocycles. The van der Waals surface area contributed by atoms with Gasteiger partial charge in [-0.15, -0.1) is 0 Å². The lowest BCUT2D eigenvalue weighted by atomic mass is 9.83. The number of hydrogen-bond acceptors (Lipinski definition) is 19. The number of aliphatic hydroxyl groups excluding tert-OH is 2. The van der Waals surface area contributed by atoms with Gasteiger partial charge in [0.1, 0.15) is 30.4 Å². The van der Waals surface area contributed by atoms with Crippen molar-refractivity contribution in [1.29, 1.82) is 0 Å². The molecule has 26 heteroatoms. The van der Waals surface area contributed by atoms with Crippen molar-refractivity contribution in [3.63, 3.8) is 0 Å². The number of methoxy groups -OCH3 is 1. The maximum Gasteiger partial charge on any atom is 0.343 e. The molecule has 0 radical (unpaired) electrons. The molecule has 5 rings (SSSR count). The van der Waals surface area contributed by atoms with Crippen LogP contribution in [0.5, 0.6) is 0 Å². The molecule has 0 bridgehead atoms. The summed E-state index contributed by atoms with van der Waals surface area (Å²) in [6.07, 6.45) is 6.48. The van der Waals surface area contributed by atoms with Crippen LogP contribution in [0.4, 0.5) is 5.69 Å². The number of amides is 1. The number of aliphatic hydroxyl groups is 2. The monoisotopic (exact) mass is 994 g/mol. The number of aromatic amines is 1. The van der Waals surface area contributed by atoms with Crippen LogP contribution in [0.25, 0.3) is 12.2 Å². The Hall–Kier alpha value is -4.70. The maximum atomic E-state index is 12.7. The van der Waals surface area contributed by atoms with Crippen LogP contribution in [0.2, 0.25) is 0 Å². The molecule has 1 amide bonds. The van der Waals surface area contributed by atoms with E-state index in [2.05, 4.69) is 68.4 Å². The molecule has 3 aromatic rings. The molecule has 6 atom stereocenters. The van der Waals surface area contributed by atoms with E-state index in [0.29, 0.717) is 29.6 Å². The van der Waals surface area contributed by atoms with Crippen LogP contribution >= 0.6 is 23.5 Å². The second-order valence-electron chi connectivity index (χ2n) is 15.9. The zero-order chi connectivity index (χ0) is 49.5. The van der Waals surface area contributed by atoms with Gasteiger partial charge in [0.05, 0.1) is 27.1 Å². The smallest absolute Gasteiger partial charge is 0.343 e. The molecule has 67 heavy (non-hydrogen) atoms. The summed E-state index contributed by atoms with van der Waals surface area (Å²) in [5, 5.41) is 23.7. The highest BCUT2D eigenvalue weighted by Crippen LogP contribution is 2.60. The normalized spacial score (nSPS) is 21.7. The number of benzene rings is 1. The molecular formula is C41H51N5O18P3-3. The van der Waals surface area contributed by atoms with Gasteiger partial charge < -0.3 is 58.6 Å². The van der Waals surface area contributed by atoms with Crippen molar-refractivity contribution in [2.45, 2.75) is 89.9 Å². The Bertz CT molecular complexity index is 2680. The Kier molecular flexibility index (Phi) is 17.6. The first kappa shape index (κ1) is 53.3. The van der Waals surface area contributed by atoms with E-state index < -0.39 is 71.8 Å². The van der Waals surface area contributed by atoms with Crippen molar-refractivity contribution >= 4 is 53.2 Å². The Morgan fingerprint density at radius 3 is 2.42 bits per heavy atom. The zero-order valence-corrected chi connectivity index (χ0v) is 39.7. The number of unbranched alkanes of at least 4 members (excludes halogenated alkanes) is 2. The van der Waals surface area contributed by atoms with E-state index in [1.54, 1.807) is 12.3 Å². The average Bonchev–Trinajstić information content (AvgIpc) is 3.63. The van der Waals surface area contributed by atoms with E-state index in [9.17, 15) is 62.7 Å². The Balaban J connectivity index is 1.13. The van der Waals surface area contributed by atoms with Gasteiger partial charge in [0.2, 0.25) is 11.6 Å². The number of allylic oxidation sites excluding steroid dienone is 3. The van der Waals surface area contributed by atoms with Gasteiger partial charge in [-0.3, -0.25) is 32.6 Å². The first-order valence-electron chi connectivity index (χ1n) is 20.8. The van der Waals surface area contributed by atoms with E-state index in [1.807, 2.05) is 34.7 Å². The lowest BCUT2D eigenvalue weighted by Crippen LogP contribution is -2.38. The second-order valence-corrected chi connectivity index (χ2v) is 20.2. The number of fused-ring (bicyclic) bond motifs is 1. The number of carbonyl (C=O) groups excluding carboxylic acids is 2. The van der Waals surface area contributed by atoms with Crippen molar-refractivity contribution in [3.05, 3.63) is 115 Å². The van der Waals surface area contributed by atoms with E-state index in [0.717, 1.165) is 41.7 Å². The van der Waals surface area contributed by atoms with Crippen molar-refractivity contribution in [3.8, 4) is 0 Å². The summed E-state index contributed by atoms with van der Waals surface area (Å²) in [7, 11) is -17.1. The minimum absolute atomic E-state index is 0.00761. The third-order valence-corrected chi connectivity index (χ3v) is 14.5. The Morgan fingerprint density at radius 1 is 1.00 bits per heavy atom. The molecule has 1 saturated heterocycles. The largest absolute Gasteiger partial charge is 0.790 e. The van der Waals surface area contributed by atoms with Gasteiger partial charge in [-0.05, 0) is 50.5 Å². The molecule has 2 aliphatic rings. The summed E-state index contributed by atoms with van der Waals surface area (Å²) in [5.41, 5.74) is 3.56. The number of hydrogen-bond donors (Lipinski definition) is 4. The second kappa shape index (κ2) is 22.2. The number of ether oxygens (including phenoxy) is 2. The molecule has 0 saturated carbocycles. The lowest BCUT2D eigenvalue weighted by Gasteiger charge is -2.37. The number of nitrogens with one attached hydrogen (secondary N) is 2. The summed E-state index contributed by atoms with van der Waals surface area (Å²) >= 11 is 0. The minimum Gasteiger partial charge on any atom is -0.790 e. The molecule has 4 N–H and O–H groups in total. The van der Waals surface area contributed by atoms with Gasteiger partial charge in [0, 0.05) is 54.6 Å². The molecule has 366 valence electrons. The highest BCUT2D eigenvalue weighted by molar-refractivity contribution is 7.64. The van der Waals surface area contributed by atoms with Gasteiger partial charge in [0.25, 0.3) is 21.2 Å². The van der Waals surface area contributed by atoms with Crippen molar-refractivity contribution in [2.24, 2.45) is 0 Å². The van der Waals surface area contributed by atoms with Crippen LogP contribution in [0.1, 0.15) is 85.4 Å². The molecule has 1 fully saturated rings. The average molecular weight is 995 g/mol. The van der Waals surface area contributed by atoms with Crippen LogP contribution in [0, 0.1) is 6.92 Å². The number of esters is 1. The van der Waals surface area contributed by atoms with E-state index >= 15 is 0 Å². The topological polar surface area (TPSA) is 338 Å². The summed E-state index contributed by atoms with van der Waals surface area (Å²) in [4.78, 5) is 98.7. The van der Waals surface area contributed by atoms with Crippen molar-refractivity contribution in [1.82, 2.24) is 14.9 Å². The fourth-order valence-electron chi connectivity index (χ4n) is 7.52. The number of phosphoric acid groups is 3. The number of aryl methyl sites for hydroxylation is 2. The summed E-state index contributed by atoms with van der Waals surface area (Å²) in [6, 6.07) is 10.0. The van der Waals surface area contributed by atoms with Gasteiger partial charge >= 0.3 is 11.7 Å². The van der Waals surface area contributed by atoms with Crippen LogP contribution in [0.3, 0.4) is 0 Å². The number of nitrogens with zero attached hydrogens (tertiary/aromatic N) is 3. The standard InChI is InChI=1S/C41H54N5O18P3/c1-6-44-23-28(39(51)60-5)17-18-29(44)13-10-14-33-41(3,4)30-22-26(2)16-19-31(30)45(33)21-9-7-8-15-34(47)42-20-11-12-27-24-46(40(52)43-37(27)50)38-36(49)35(48)32(62-38)25-61-66(56,57)64-67(58,59)63-65(53,54)55/h10-14,16-19,22-24,32,35-36,38,48-49H,6-9,15,20-21,25H2,1-5H3,(H5-,42,43,47,50,52,53,54,55,56,57,58,59)/p-3/b12-11+. The van der Waals surface area contributed by atoms with Gasteiger partial charge in [-0.25, -0.2) is 13.9 Å². The number of pyridine rings is 1. The van der Waals surface area contributed by atoms with E-state index in [-0.39, 0.29) is 29.9 Å².